The van der Waals surface area contributed by atoms with Crippen molar-refractivity contribution in [2.24, 2.45) is 5.92 Å². The summed E-state index contributed by atoms with van der Waals surface area (Å²) in [6.07, 6.45) is 15.9. The first-order chi connectivity index (χ1) is 9.92. The predicted molar refractivity (Wildman–Crippen MR) is 88.2 cm³/mol. The van der Waals surface area contributed by atoms with E-state index in [1.54, 1.807) is 0 Å². The van der Waals surface area contributed by atoms with Crippen LogP contribution in [-0.4, -0.2) is 37.1 Å². The number of nitrogens with one attached hydrogen (secondary N) is 1. The zero-order valence-electron chi connectivity index (χ0n) is 13.7. The van der Waals surface area contributed by atoms with Gasteiger partial charge in [0.1, 0.15) is 0 Å². The van der Waals surface area contributed by atoms with Crippen LogP contribution >= 0.6 is 0 Å². The summed E-state index contributed by atoms with van der Waals surface area (Å²) in [5.41, 5.74) is 0. The van der Waals surface area contributed by atoms with Gasteiger partial charge in [-0.3, -0.25) is 0 Å². The van der Waals surface area contributed by atoms with Crippen LogP contribution in [0.3, 0.4) is 0 Å². The SMILES string of the molecule is CCCNCCCCCCN1CCCC2CCCCC21. The summed E-state index contributed by atoms with van der Waals surface area (Å²) in [5.74, 6) is 1.05. The summed E-state index contributed by atoms with van der Waals surface area (Å²) >= 11 is 0. The maximum absolute atomic E-state index is 3.50. The highest BCUT2D eigenvalue weighted by Gasteiger charge is 2.32. The fourth-order valence-corrected chi connectivity index (χ4v) is 4.23. The van der Waals surface area contributed by atoms with Crippen LogP contribution < -0.4 is 5.32 Å². The van der Waals surface area contributed by atoms with Crippen LogP contribution in [0, 0.1) is 5.92 Å². The highest BCUT2D eigenvalue weighted by molar-refractivity contribution is 4.87. The van der Waals surface area contributed by atoms with Crippen molar-refractivity contribution in [3.05, 3.63) is 0 Å². The Bertz CT molecular complexity index is 240. The normalized spacial score (nSPS) is 27.4. The molecule has 2 nitrogen and oxygen atoms in total. The van der Waals surface area contributed by atoms with Crippen molar-refractivity contribution in [2.75, 3.05) is 26.2 Å². The second-order valence-electron chi connectivity index (χ2n) is 6.95. The summed E-state index contributed by atoms with van der Waals surface area (Å²) in [6.45, 7) is 7.42. The summed E-state index contributed by atoms with van der Waals surface area (Å²) in [7, 11) is 0. The number of likely N-dealkylation sites (tertiary alicyclic amines) is 1. The third-order valence-corrected chi connectivity index (χ3v) is 5.33. The van der Waals surface area contributed by atoms with Crippen molar-refractivity contribution in [3.8, 4) is 0 Å². The lowest BCUT2D eigenvalue weighted by Crippen LogP contribution is -2.47. The minimum Gasteiger partial charge on any atom is -0.317 e. The predicted octanol–water partition coefficient (Wildman–Crippen LogP) is 4.20. The number of hydrogen-bond acceptors (Lipinski definition) is 2. The van der Waals surface area contributed by atoms with Crippen LogP contribution in [-0.2, 0) is 0 Å². The molecule has 0 aromatic heterocycles. The molecule has 1 saturated carbocycles. The van der Waals surface area contributed by atoms with Crippen LogP contribution in [0.25, 0.3) is 0 Å². The van der Waals surface area contributed by atoms with Crippen molar-refractivity contribution in [1.82, 2.24) is 10.2 Å². The minimum absolute atomic E-state index is 0.962. The monoisotopic (exact) mass is 280 g/mol. The van der Waals surface area contributed by atoms with E-state index in [1.165, 1.54) is 96.8 Å². The van der Waals surface area contributed by atoms with Crippen molar-refractivity contribution >= 4 is 0 Å². The number of unbranched alkanes of at least 4 members (excludes halogenated alkanes) is 3. The largest absolute Gasteiger partial charge is 0.317 e. The zero-order valence-corrected chi connectivity index (χ0v) is 13.7. The van der Waals surface area contributed by atoms with Gasteiger partial charge < -0.3 is 10.2 Å². The first kappa shape index (κ1) is 16.3. The Morgan fingerprint density at radius 3 is 2.60 bits per heavy atom. The van der Waals surface area contributed by atoms with Crippen molar-refractivity contribution < 1.29 is 0 Å². The van der Waals surface area contributed by atoms with Crippen LogP contribution in [0.15, 0.2) is 0 Å². The molecule has 0 amide bonds. The van der Waals surface area contributed by atoms with E-state index in [1.807, 2.05) is 0 Å². The molecule has 2 aliphatic rings. The fraction of sp³-hybridized carbons (Fsp3) is 1.00. The van der Waals surface area contributed by atoms with Gasteiger partial charge in [0, 0.05) is 6.04 Å². The third kappa shape index (κ3) is 5.37. The third-order valence-electron chi connectivity index (χ3n) is 5.33. The standard InChI is InChI=1S/C18H36N2/c1-2-13-19-14-7-3-4-8-15-20-16-9-11-17-10-5-6-12-18(17)20/h17-19H,2-16H2,1H3. The lowest BCUT2D eigenvalue weighted by Gasteiger charge is -2.44. The van der Waals surface area contributed by atoms with Crippen LogP contribution in [0.4, 0.5) is 0 Å². The highest BCUT2D eigenvalue weighted by Crippen LogP contribution is 2.35. The van der Waals surface area contributed by atoms with E-state index in [-0.39, 0.29) is 0 Å². The first-order valence-corrected chi connectivity index (χ1v) is 9.36. The molecule has 2 rings (SSSR count). The molecule has 0 bridgehead atoms. The molecular formula is C18H36N2. The van der Waals surface area contributed by atoms with E-state index in [0.717, 1.165) is 12.0 Å². The molecule has 2 atom stereocenters. The Kier molecular flexibility index (Phi) is 7.97. The van der Waals surface area contributed by atoms with E-state index < -0.39 is 0 Å². The van der Waals surface area contributed by atoms with Gasteiger partial charge in [-0.2, -0.15) is 0 Å². The Balaban J connectivity index is 1.52. The number of nitrogens with zero attached hydrogens (tertiary/aromatic N) is 1. The van der Waals surface area contributed by atoms with Crippen LogP contribution in [0.1, 0.15) is 77.6 Å². The Hall–Kier alpha value is -0.0800. The molecule has 0 aromatic rings. The molecule has 1 N–H and O–H groups in total. The summed E-state index contributed by atoms with van der Waals surface area (Å²) in [6, 6.07) is 0.962. The van der Waals surface area contributed by atoms with Gasteiger partial charge in [0.25, 0.3) is 0 Å². The molecule has 1 aliphatic heterocycles. The Morgan fingerprint density at radius 1 is 0.900 bits per heavy atom. The summed E-state index contributed by atoms with van der Waals surface area (Å²) < 4.78 is 0. The first-order valence-electron chi connectivity index (χ1n) is 9.36. The van der Waals surface area contributed by atoms with E-state index in [9.17, 15) is 0 Å². The molecule has 118 valence electrons. The Morgan fingerprint density at radius 2 is 1.70 bits per heavy atom. The molecule has 2 heteroatoms. The summed E-state index contributed by atoms with van der Waals surface area (Å²) in [4.78, 5) is 2.85. The molecule has 0 spiro atoms. The molecular weight excluding hydrogens is 244 g/mol. The van der Waals surface area contributed by atoms with Gasteiger partial charge in [-0.25, -0.2) is 0 Å². The second kappa shape index (κ2) is 9.78. The average molecular weight is 280 g/mol. The average Bonchev–Trinajstić information content (AvgIpc) is 2.50. The second-order valence-corrected chi connectivity index (χ2v) is 6.95. The molecule has 1 saturated heterocycles. The van der Waals surface area contributed by atoms with Crippen molar-refractivity contribution in [3.63, 3.8) is 0 Å². The van der Waals surface area contributed by atoms with E-state index >= 15 is 0 Å². The van der Waals surface area contributed by atoms with E-state index in [0.29, 0.717) is 0 Å². The van der Waals surface area contributed by atoms with Crippen molar-refractivity contribution in [2.45, 2.75) is 83.6 Å². The van der Waals surface area contributed by atoms with Crippen molar-refractivity contribution in [1.29, 1.82) is 0 Å². The van der Waals surface area contributed by atoms with Gasteiger partial charge >= 0.3 is 0 Å². The van der Waals surface area contributed by atoms with Crippen LogP contribution in [0.5, 0.6) is 0 Å². The smallest absolute Gasteiger partial charge is 0.0123 e. The van der Waals surface area contributed by atoms with Gasteiger partial charge in [-0.05, 0) is 77.0 Å². The van der Waals surface area contributed by atoms with Gasteiger partial charge in [-0.15, -0.1) is 0 Å². The summed E-state index contributed by atoms with van der Waals surface area (Å²) in [5, 5.41) is 3.50. The Labute approximate surface area is 126 Å². The van der Waals surface area contributed by atoms with Gasteiger partial charge in [0.05, 0.1) is 0 Å². The molecule has 2 unspecified atom stereocenters. The maximum atomic E-state index is 3.50. The van der Waals surface area contributed by atoms with E-state index in [2.05, 4.69) is 17.1 Å². The molecule has 0 aromatic carbocycles. The number of hydrogen-bond donors (Lipinski definition) is 1. The maximum Gasteiger partial charge on any atom is 0.0123 e. The topological polar surface area (TPSA) is 15.3 Å². The molecule has 1 heterocycles. The molecule has 1 aliphatic carbocycles. The number of piperidine rings is 1. The van der Waals surface area contributed by atoms with Gasteiger partial charge in [-0.1, -0.05) is 32.6 Å². The van der Waals surface area contributed by atoms with Crippen LogP contribution in [0.2, 0.25) is 0 Å². The zero-order chi connectivity index (χ0) is 14.0. The lowest BCUT2D eigenvalue weighted by atomic mass is 9.78. The fourth-order valence-electron chi connectivity index (χ4n) is 4.23. The van der Waals surface area contributed by atoms with E-state index in [4.69, 9.17) is 0 Å². The minimum atomic E-state index is 0.962. The molecule has 2 fully saturated rings. The molecule has 0 radical (unpaired) electrons. The number of rotatable bonds is 9. The number of fused-ring (bicyclic) bond motifs is 1. The van der Waals surface area contributed by atoms with Gasteiger partial charge in [0.15, 0.2) is 0 Å². The van der Waals surface area contributed by atoms with Gasteiger partial charge in [0.2, 0.25) is 0 Å². The lowest BCUT2D eigenvalue weighted by molar-refractivity contribution is 0.0595. The highest BCUT2D eigenvalue weighted by atomic mass is 15.2. The quantitative estimate of drug-likeness (QED) is 0.637. The molecule has 20 heavy (non-hydrogen) atoms.